The molecule has 2 aliphatic rings. The van der Waals surface area contributed by atoms with Crippen LogP contribution in [0.5, 0.6) is 0 Å². The minimum atomic E-state index is -0.590. The molecule has 1 aromatic rings. The largest absolute Gasteiger partial charge is 0.352 e. The van der Waals surface area contributed by atoms with E-state index in [0.29, 0.717) is 38.2 Å². The number of carbonyl (C=O) groups excluding carboxylic acids is 2. The number of nitrogens with zero attached hydrogens (tertiary/aromatic N) is 1. The van der Waals surface area contributed by atoms with Crippen LogP contribution in [-0.2, 0) is 14.3 Å². The Morgan fingerprint density at radius 2 is 1.96 bits per heavy atom. The van der Waals surface area contributed by atoms with Crippen molar-refractivity contribution in [3.8, 4) is 0 Å². The molecule has 2 fully saturated rings. The molecule has 0 bridgehead atoms. The van der Waals surface area contributed by atoms with Crippen molar-refractivity contribution in [3.63, 3.8) is 0 Å². The summed E-state index contributed by atoms with van der Waals surface area (Å²) in [6.07, 6.45) is 2.11. The minimum absolute atomic E-state index is 0.133. The van der Waals surface area contributed by atoms with Crippen LogP contribution in [0.15, 0.2) is 24.3 Å². The molecule has 2 saturated heterocycles. The highest BCUT2D eigenvalue weighted by atomic mass is 16.7. The van der Waals surface area contributed by atoms with E-state index in [1.807, 2.05) is 19.1 Å². The number of rotatable bonds is 5. The number of anilines is 1. The number of hydrogen-bond acceptors (Lipinski definition) is 4. The summed E-state index contributed by atoms with van der Waals surface area (Å²) in [4.78, 5) is 25.6. The van der Waals surface area contributed by atoms with E-state index in [4.69, 9.17) is 9.47 Å². The van der Waals surface area contributed by atoms with E-state index in [9.17, 15) is 9.59 Å². The Morgan fingerprint density at radius 1 is 1.26 bits per heavy atom. The molecule has 2 heterocycles. The van der Waals surface area contributed by atoms with E-state index in [1.54, 1.807) is 17.0 Å². The molecule has 0 radical (unpaired) electrons. The van der Waals surface area contributed by atoms with E-state index in [2.05, 4.69) is 5.32 Å². The van der Waals surface area contributed by atoms with Crippen LogP contribution in [0.1, 0.15) is 36.5 Å². The van der Waals surface area contributed by atoms with Crippen LogP contribution in [0.4, 0.5) is 5.69 Å². The van der Waals surface area contributed by atoms with Crippen LogP contribution in [0.3, 0.4) is 0 Å². The van der Waals surface area contributed by atoms with Crippen molar-refractivity contribution in [3.05, 3.63) is 29.8 Å². The average molecular weight is 318 g/mol. The van der Waals surface area contributed by atoms with Gasteiger partial charge >= 0.3 is 0 Å². The molecule has 2 aliphatic heterocycles. The molecule has 0 aliphatic carbocycles. The van der Waals surface area contributed by atoms with Crippen LogP contribution in [0.25, 0.3) is 0 Å². The van der Waals surface area contributed by atoms with Crippen molar-refractivity contribution in [1.29, 1.82) is 0 Å². The maximum atomic E-state index is 12.1. The third-order valence-electron chi connectivity index (χ3n) is 4.28. The van der Waals surface area contributed by atoms with Crippen molar-refractivity contribution < 1.29 is 19.1 Å². The highest BCUT2D eigenvalue weighted by molar-refractivity contribution is 5.97. The van der Waals surface area contributed by atoms with Gasteiger partial charge in [-0.15, -0.1) is 0 Å². The van der Waals surface area contributed by atoms with Gasteiger partial charge in [0.05, 0.1) is 13.2 Å². The first kappa shape index (κ1) is 16.0. The molecule has 6 nitrogen and oxygen atoms in total. The lowest BCUT2D eigenvalue weighted by Crippen LogP contribution is -2.33. The Kier molecular flexibility index (Phi) is 4.63. The van der Waals surface area contributed by atoms with Gasteiger partial charge in [-0.2, -0.15) is 0 Å². The van der Waals surface area contributed by atoms with Crippen LogP contribution in [0, 0.1) is 0 Å². The maximum absolute atomic E-state index is 12.1. The summed E-state index contributed by atoms with van der Waals surface area (Å²) in [5.41, 5.74) is 1.43. The summed E-state index contributed by atoms with van der Waals surface area (Å²) in [7, 11) is 0. The van der Waals surface area contributed by atoms with Crippen LogP contribution in [0.2, 0.25) is 0 Å². The lowest BCUT2D eigenvalue weighted by Gasteiger charge is -2.22. The predicted molar refractivity (Wildman–Crippen MR) is 85.3 cm³/mol. The summed E-state index contributed by atoms with van der Waals surface area (Å²) in [5, 5.41) is 2.87. The fraction of sp³-hybridized carbons (Fsp3) is 0.529. The van der Waals surface area contributed by atoms with Crippen molar-refractivity contribution in [2.75, 3.05) is 31.2 Å². The Morgan fingerprint density at radius 3 is 2.57 bits per heavy atom. The quantitative estimate of drug-likeness (QED) is 0.897. The summed E-state index contributed by atoms with van der Waals surface area (Å²) in [6, 6.07) is 7.15. The van der Waals surface area contributed by atoms with Crippen molar-refractivity contribution in [1.82, 2.24) is 5.32 Å². The number of hydrogen-bond donors (Lipinski definition) is 1. The van der Waals surface area contributed by atoms with Gasteiger partial charge in [-0.25, -0.2) is 0 Å². The summed E-state index contributed by atoms with van der Waals surface area (Å²) in [5.74, 6) is -0.578. The number of amides is 2. The zero-order chi connectivity index (χ0) is 16.3. The van der Waals surface area contributed by atoms with Gasteiger partial charge in [0, 0.05) is 37.2 Å². The Hall–Kier alpha value is -1.92. The van der Waals surface area contributed by atoms with Gasteiger partial charge in [-0.3, -0.25) is 9.59 Å². The molecule has 23 heavy (non-hydrogen) atoms. The molecule has 0 aromatic heterocycles. The molecule has 124 valence electrons. The first-order valence-corrected chi connectivity index (χ1v) is 8.04. The van der Waals surface area contributed by atoms with Gasteiger partial charge in [0.15, 0.2) is 5.79 Å². The van der Waals surface area contributed by atoms with Crippen LogP contribution < -0.4 is 10.2 Å². The number of carbonyl (C=O) groups is 2. The Bertz CT molecular complexity index is 579. The third kappa shape index (κ3) is 3.71. The molecule has 0 unspecified atom stereocenters. The Balaban J connectivity index is 1.52. The van der Waals surface area contributed by atoms with Gasteiger partial charge in [-0.05, 0) is 37.6 Å². The van der Waals surface area contributed by atoms with Gasteiger partial charge < -0.3 is 19.7 Å². The van der Waals surface area contributed by atoms with E-state index in [0.717, 1.165) is 18.7 Å². The molecule has 0 atom stereocenters. The van der Waals surface area contributed by atoms with Gasteiger partial charge in [0.25, 0.3) is 5.91 Å². The molecule has 1 N–H and O–H groups in total. The Labute approximate surface area is 135 Å². The predicted octanol–water partition coefficient (Wildman–Crippen LogP) is 1.70. The normalized spacial score (nSPS) is 20.0. The molecular weight excluding hydrogens is 296 g/mol. The van der Waals surface area contributed by atoms with Gasteiger partial charge in [-0.1, -0.05) is 0 Å². The highest BCUT2D eigenvalue weighted by Gasteiger charge is 2.30. The average Bonchev–Trinajstić information content (AvgIpc) is 3.16. The molecule has 6 heteroatoms. The first-order valence-electron chi connectivity index (χ1n) is 8.04. The fourth-order valence-electron chi connectivity index (χ4n) is 2.92. The van der Waals surface area contributed by atoms with E-state index >= 15 is 0 Å². The van der Waals surface area contributed by atoms with Crippen molar-refractivity contribution in [2.24, 2.45) is 0 Å². The number of benzene rings is 1. The summed E-state index contributed by atoms with van der Waals surface area (Å²) < 4.78 is 11.0. The van der Waals surface area contributed by atoms with Crippen LogP contribution in [-0.4, -0.2) is 43.9 Å². The fourth-order valence-corrected chi connectivity index (χ4v) is 2.92. The van der Waals surface area contributed by atoms with E-state index in [-0.39, 0.29) is 11.8 Å². The molecule has 1 aromatic carbocycles. The second-order valence-corrected chi connectivity index (χ2v) is 6.03. The van der Waals surface area contributed by atoms with Crippen LogP contribution >= 0.6 is 0 Å². The number of nitrogens with one attached hydrogen (secondary N) is 1. The third-order valence-corrected chi connectivity index (χ3v) is 4.28. The topological polar surface area (TPSA) is 67.9 Å². The maximum Gasteiger partial charge on any atom is 0.251 e. The van der Waals surface area contributed by atoms with E-state index in [1.165, 1.54) is 0 Å². The zero-order valence-electron chi connectivity index (χ0n) is 13.3. The summed E-state index contributed by atoms with van der Waals surface area (Å²) >= 11 is 0. The first-order chi connectivity index (χ1) is 11.1. The van der Waals surface area contributed by atoms with Crippen molar-refractivity contribution in [2.45, 2.75) is 32.0 Å². The van der Waals surface area contributed by atoms with Gasteiger partial charge in [0.1, 0.15) is 0 Å². The second kappa shape index (κ2) is 6.68. The van der Waals surface area contributed by atoms with Crippen molar-refractivity contribution >= 4 is 17.5 Å². The van der Waals surface area contributed by atoms with Gasteiger partial charge in [0.2, 0.25) is 5.91 Å². The van der Waals surface area contributed by atoms with E-state index < -0.39 is 5.79 Å². The molecule has 0 saturated carbocycles. The smallest absolute Gasteiger partial charge is 0.251 e. The highest BCUT2D eigenvalue weighted by Crippen LogP contribution is 2.23. The monoisotopic (exact) mass is 318 g/mol. The molecule has 2 amide bonds. The lowest BCUT2D eigenvalue weighted by atomic mass is 10.1. The zero-order valence-corrected chi connectivity index (χ0v) is 13.3. The molecule has 3 rings (SSSR count). The molecular formula is C17H22N2O4. The molecule has 0 spiro atoms. The standard InChI is InChI=1S/C17H22N2O4/c1-17(22-11-12-23-17)8-9-18-16(21)13-4-6-14(7-5-13)19-10-2-3-15(19)20/h4-7H,2-3,8-12H2,1H3,(H,18,21). The summed E-state index contributed by atoms with van der Waals surface area (Å²) in [6.45, 7) is 4.32. The SMILES string of the molecule is CC1(CCNC(=O)c2ccc(N3CCCC3=O)cc2)OCCO1. The minimum Gasteiger partial charge on any atom is -0.352 e. The lowest BCUT2D eigenvalue weighted by molar-refractivity contribution is -0.145. The second-order valence-electron chi connectivity index (χ2n) is 6.03. The number of ether oxygens (including phenoxy) is 2.